The lowest BCUT2D eigenvalue weighted by Gasteiger charge is -2.13. The fraction of sp³-hybridized carbons (Fsp3) is 0. The first-order chi connectivity index (χ1) is 29.7. The monoisotopic (exact) mass is 770 g/mol. The molecule has 0 amide bonds. The van der Waals surface area contributed by atoms with E-state index in [0.29, 0.717) is 29.1 Å². The van der Waals surface area contributed by atoms with Gasteiger partial charge in [0, 0.05) is 49.1 Å². The highest BCUT2D eigenvalue weighted by Crippen LogP contribution is 2.43. The third-order valence-electron chi connectivity index (χ3n) is 11.6. The minimum atomic E-state index is 0.483. The zero-order chi connectivity index (χ0) is 39.3. The van der Waals surface area contributed by atoms with Crippen molar-refractivity contribution in [2.24, 2.45) is 0 Å². The number of para-hydroxylation sites is 4. The van der Waals surface area contributed by atoms with E-state index < -0.39 is 0 Å². The Hall–Kier alpha value is -8.36. The number of benzene rings is 8. The number of oxazole rings is 1. The third-order valence-corrected chi connectivity index (χ3v) is 11.6. The van der Waals surface area contributed by atoms with Crippen LogP contribution < -0.4 is 0 Å². The molecule has 0 bridgehead atoms. The van der Waals surface area contributed by atoms with Gasteiger partial charge in [-0.1, -0.05) is 121 Å². The lowest BCUT2D eigenvalue weighted by Crippen LogP contribution is -2.07. The number of aromatic nitrogens is 6. The normalized spacial score (nSPS) is 12.0. The van der Waals surface area contributed by atoms with Gasteiger partial charge in [-0.3, -0.25) is 4.57 Å². The van der Waals surface area contributed by atoms with Crippen LogP contribution in [0.5, 0.6) is 0 Å². The van der Waals surface area contributed by atoms with Crippen LogP contribution in [0.3, 0.4) is 0 Å². The van der Waals surface area contributed by atoms with E-state index in [9.17, 15) is 0 Å². The maximum absolute atomic E-state index is 6.54. The Morgan fingerprint density at radius 2 is 1.00 bits per heavy atom. The van der Waals surface area contributed by atoms with Crippen molar-refractivity contribution in [3.8, 4) is 45.9 Å². The Balaban J connectivity index is 1.14. The maximum Gasteiger partial charge on any atom is 0.238 e. The Labute approximate surface area is 341 Å². The molecule has 8 nitrogen and oxygen atoms in total. The summed E-state index contributed by atoms with van der Waals surface area (Å²) in [7, 11) is 0. The Morgan fingerprint density at radius 1 is 0.383 bits per heavy atom. The molecule has 5 aromatic heterocycles. The van der Waals surface area contributed by atoms with E-state index in [1.54, 1.807) is 0 Å². The summed E-state index contributed by atoms with van der Waals surface area (Å²) in [6, 6.07) is 62.2. The van der Waals surface area contributed by atoms with Crippen molar-refractivity contribution in [1.29, 1.82) is 0 Å². The fourth-order valence-corrected chi connectivity index (χ4v) is 8.96. The van der Waals surface area contributed by atoms with Crippen LogP contribution in [0.1, 0.15) is 0 Å². The van der Waals surface area contributed by atoms with Crippen LogP contribution >= 0.6 is 0 Å². The molecule has 13 aromatic rings. The van der Waals surface area contributed by atoms with Crippen LogP contribution in [-0.4, -0.2) is 29.1 Å². The van der Waals surface area contributed by atoms with E-state index in [1.165, 1.54) is 0 Å². The van der Waals surface area contributed by atoms with Gasteiger partial charge in [0.15, 0.2) is 17.2 Å². The van der Waals surface area contributed by atoms with Crippen LogP contribution in [-0.2, 0) is 0 Å². The van der Waals surface area contributed by atoms with Crippen molar-refractivity contribution in [3.63, 3.8) is 0 Å². The molecule has 0 N–H and O–H groups in total. The predicted molar refractivity (Wildman–Crippen MR) is 240 cm³/mol. The van der Waals surface area contributed by atoms with Crippen molar-refractivity contribution in [2.45, 2.75) is 0 Å². The van der Waals surface area contributed by atoms with E-state index in [1.807, 2.05) is 91.0 Å². The lowest BCUT2D eigenvalue weighted by molar-refractivity contribution is 0.620. The van der Waals surface area contributed by atoms with Crippen molar-refractivity contribution < 1.29 is 8.83 Å². The molecule has 0 aliphatic carbocycles. The minimum absolute atomic E-state index is 0.483. The van der Waals surface area contributed by atoms with Gasteiger partial charge >= 0.3 is 0 Å². The Bertz CT molecular complexity index is 3840. The second kappa shape index (κ2) is 12.6. The Morgan fingerprint density at radius 3 is 1.77 bits per heavy atom. The smallest absolute Gasteiger partial charge is 0.238 e. The van der Waals surface area contributed by atoms with Crippen molar-refractivity contribution >= 4 is 76.6 Å². The molecule has 0 aliphatic heterocycles. The van der Waals surface area contributed by atoms with Gasteiger partial charge in [0.05, 0.1) is 27.6 Å². The van der Waals surface area contributed by atoms with E-state index in [-0.39, 0.29) is 0 Å². The number of furan rings is 1. The molecule has 0 atom stereocenters. The lowest BCUT2D eigenvalue weighted by atomic mass is 10.1. The van der Waals surface area contributed by atoms with Crippen molar-refractivity contribution in [2.75, 3.05) is 0 Å². The fourth-order valence-electron chi connectivity index (χ4n) is 8.96. The number of rotatable bonds is 5. The summed E-state index contributed by atoms with van der Waals surface area (Å²) in [6.45, 7) is 0. The van der Waals surface area contributed by atoms with Gasteiger partial charge in [0.1, 0.15) is 16.7 Å². The van der Waals surface area contributed by atoms with E-state index in [2.05, 4.69) is 100 Å². The van der Waals surface area contributed by atoms with Gasteiger partial charge in [-0.15, -0.1) is 0 Å². The van der Waals surface area contributed by atoms with Gasteiger partial charge in [-0.2, -0.15) is 9.97 Å². The van der Waals surface area contributed by atoms with Crippen LogP contribution in [0.4, 0.5) is 0 Å². The molecule has 0 saturated carbocycles. The van der Waals surface area contributed by atoms with Crippen LogP contribution in [0, 0.1) is 0 Å². The summed E-state index contributed by atoms with van der Waals surface area (Å²) in [5.74, 6) is 2.06. The second-order valence-corrected chi connectivity index (χ2v) is 15.0. The van der Waals surface area contributed by atoms with Gasteiger partial charge in [-0.05, 0) is 60.7 Å². The Kier molecular flexibility index (Phi) is 6.85. The molecule has 0 aliphatic rings. The largest absolute Gasteiger partial charge is 0.456 e. The standard InChI is InChI=1S/C52H30N6O2/c1-3-14-31(15-4-1)49-54-50(39-21-13-22-41-48(39)60-51(53-41)32-16-5-2-6-17-32)56-52(55-49)58-43-24-11-8-19-35(43)38-28-27-37-34-18-7-10-23-42(34)57(46(37)47(38)58)33-26-29-45-40(30-33)36-20-9-12-25-44(36)59-45/h1-30H. The average Bonchev–Trinajstić information content (AvgIpc) is 4.09. The van der Waals surface area contributed by atoms with Gasteiger partial charge < -0.3 is 13.4 Å². The quantitative estimate of drug-likeness (QED) is 0.173. The van der Waals surface area contributed by atoms with Crippen LogP contribution in [0.25, 0.3) is 123 Å². The van der Waals surface area contributed by atoms with Gasteiger partial charge in [0.2, 0.25) is 11.8 Å². The third kappa shape index (κ3) is 4.79. The molecular weight excluding hydrogens is 741 g/mol. The van der Waals surface area contributed by atoms with Gasteiger partial charge in [0.25, 0.3) is 0 Å². The summed E-state index contributed by atoms with van der Waals surface area (Å²) in [5.41, 5.74) is 10.7. The molecule has 280 valence electrons. The summed E-state index contributed by atoms with van der Waals surface area (Å²) >= 11 is 0. The molecule has 0 spiro atoms. The molecule has 0 unspecified atom stereocenters. The minimum Gasteiger partial charge on any atom is -0.456 e. The molecule has 8 aromatic carbocycles. The molecule has 0 radical (unpaired) electrons. The van der Waals surface area contributed by atoms with Crippen molar-refractivity contribution in [1.82, 2.24) is 29.1 Å². The van der Waals surface area contributed by atoms with E-state index >= 15 is 0 Å². The zero-order valence-electron chi connectivity index (χ0n) is 31.8. The highest BCUT2D eigenvalue weighted by molar-refractivity contribution is 6.24. The number of hydrogen-bond donors (Lipinski definition) is 0. The molecule has 60 heavy (non-hydrogen) atoms. The SMILES string of the molecule is c1ccc(-c2nc(-c3cccc4nc(-c5ccccc5)oc34)nc(-n3c4ccccc4c4ccc5c6ccccc6n(-c6ccc7oc8ccccc8c7c6)c5c43)n2)cc1. The van der Waals surface area contributed by atoms with E-state index in [0.717, 1.165) is 93.4 Å². The number of hydrogen-bond acceptors (Lipinski definition) is 6. The van der Waals surface area contributed by atoms with Gasteiger partial charge in [-0.25, -0.2) is 9.97 Å². The predicted octanol–water partition coefficient (Wildman–Crippen LogP) is 13.1. The summed E-state index contributed by atoms with van der Waals surface area (Å²) in [5, 5.41) is 6.60. The molecular formula is C52H30N6O2. The molecule has 0 saturated heterocycles. The number of fused-ring (bicyclic) bond motifs is 11. The van der Waals surface area contributed by atoms with E-state index in [4.69, 9.17) is 28.8 Å². The van der Waals surface area contributed by atoms with Crippen molar-refractivity contribution in [3.05, 3.63) is 182 Å². The maximum atomic E-state index is 6.54. The first-order valence-electron chi connectivity index (χ1n) is 19.9. The second-order valence-electron chi connectivity index (χ2n) is 15.0. The molecule has 0 fully saturated rings. The summed E-state index contributed by atoms with van der Waals surface area (Å²) < 4.78 is 17.4. The first kappa shape index (κ1) is 32.7. The summed E-state index contributed by atoms with van der Waals surface area (Å²) in [6.07, 6.45) is 0. The molecule has 8 heteroatoms. The van der Waals surface area contributed by atoms with Crippen LogP contribution in [0.2, 0.25) is 0 Å². The first-order valence-corrected chi connectivity index (χ1v) is 19.9. The highest BCUT2D eigenvalue weighted by atomic mass is 16.3. The molecule has 5 heterocycles. The van der Waals surface area contributed by atoms with Crippen LogP contribution in [0.15, 0.2) is 191 Å². The highest BCUT2D eigenvalue weighted by Gasteiger charge is 2.25. The number of nitrogens with zero attached hydrogens (tertiary/aromatic N) is 6. The summed E-state index contributed by atoms with van der Waals surface area (Å²) in [4.78, 5) is 20.7. The topological polar surface area (TPSA) is 87.7 Å². The average molecular weight is 771 g/mol. The molecule has 13 rings (SSSR count). The zero-order valence-corrected chi connectivity index (χ0v) is 31.8.